The number of aliphatic carboxylic acids is 1. The first kappa shape index (κ1) is 17.0. The summed E-state index contributed by atoms with van der Waals surface area (Å²) in [7, 11) is 0. The van der Waals surface area contributed by atoms with Crippen molar-refractivity contribution >= 4 is 11.9 Å². The number of para-hydroxylation sites is 1. The van der Waals surface area contributed by atoms with E-state index in [1.165, 1.54) is 6.20 Å². The third-order valence-electron chi connectivity index (χ3n) is 4.46. The van der Waals surface area contributed by atoms with Crippen molar-refractivity contribution in [1.82, 2.24) is 9.88 Å². The van der Waals surface area contributed by atoms with E-state index in [4.69, 9.17) is 4.74 Å². The zero-order chi connectivity index (χ0) is 17.8. The number of benzene rings is 1. The maximum atomic E-state index is 12.6. The molecule has 2 atom stereocenters. The van der Waals surface area contributed by atoms with Crippen LogP contribution in [0.2, 0.25) is 0 Å². The highest BCUT2D eigenvalue weighted by Gasteiger charge is 2.33. The smallest absolute Gasteiger partial charge is 0.306 e. The number of carbonyl (C=O) groups is 2. The minimum Gasteiger partial charge on any atom is -0.481 e. The number of rotatable bonds is 4. The van der Waals surface area contributed by atoms with Gasteiger partial charge in [0, 0.05) is 25.4 Å². The third-order valence-corrected chi connectivity index (χ3v) is 4.46. The molecule has 2 aromatic rings. The van der Waals surface area contributed by atoms with Gasteiger partial charge in [0.05, 0.1) is 11.5 Å². The number of carbonyl (C=O) groups excluding carboxylic acids is 1. The molecule has 1 aromatic carbocycles. The number of carboxylic acid groups (broad SMARTS) is 1. The molecule has 2 heterocycles. The van der Waals surface area contributed by atoms with Gasteiger partial charge in [0.15, 0.2) is 0 Å². The van der Waals surface area contributed by atoms with Crippen molar-refractivity contribution in [2.24, 2.45) is 11.8 Å². The van der Waals surface area contributed by atoms with E-state index in [9.17, 15) is 14.7 Å². The van der Waals surface area contributed by atoms with Crippen molar-refractivity contribution in [2.45, 2.75) is 13.3 Å². The molecule has 1 amide bonds. The Kier molecular flexibility index (Phi) is 4.97. The van der Waals surface area contributed by atoms with Crippen LogP contribution in [-0.4, -0.2) is 40.0 Å². The minimum absolute atomic E-state index is 0.0659. The van der Waals surface area contributed by atoms with Crippen LogP contribution >= 0.6 is 0 Å². The summed E-state index contributed by atoms with van der Waals surface area (Å²) in [5.41, 5.74) is 0.474. The molecule has 25 heavy (non-hydrogen) atoms. The molecule has 0 spiro atoms. The molecule has 3 rings (SSSR count). The van der Waals surface area contributed by atoms with Gasteiger partial charge in [0.1, 0.15) is 5.75 Å². The van der Waals surface area contributed by atoms with Crippen molar-refractivity contribution in [3.8, 4) is 11.6 Å². The van der Waals surface area contributed by atoms with Crippen molar-refractivity contribution in [2.75, 3.05) is 13.1 Å². The lowest BCUT2D eigenvalue weighted by atomic mass is 9.87. The minimum atomic E-state index is -0.788. The Morgan fingerprint density at radius 3 is 2.56 bits per heavy atom. The van der Waals surface area contributed by atoms with Crippen LogP contribution in [0.1, 0.15) is 23.7 Å². The van der Waals surface area contributed by atoms with Crippen LogP contribution in [0.5, 0.6) is 11.6 Å². The Labute approximate surface area is 146 Å². The maximum Gasteiger partial charge on any atom is 0.306 e. The fourth-order valence-corrected chi connectivity index (χ4v) is 3.06. The molecule has 0 bridgehead atoms. The summed E-state index contributed by atoms with van der Waals surface area (Å²) in [6.45, 7) is 2.76. The summed E-state index contributed by atoms with van der Waals surface area (Å²) in [6.07, 6.45) is 1.97. The zero-order valence-corrected chi connectivity index (χ0v) is 14.0. The van der Waals surface area contributed by atoms with E-state index >= 15 is 0 Å². The molecule has 2 unspecified atom stereocenters. The topological polar surface area (TPSA) is 79.7 Å². The monoisotopic (exact) mass is 340 g/mol. The first-order valence-electron chi connectivity index (χ1n) is 8.25. The molecule has 1 aromatic heterocycles. The van der Waals surface area contributed by atoms with Gasteiger partial charge in [0.25, 0.3) is 5.91 Å². The highest BCUT2D eigenvalue weighted by atomic mass is 16.5. The summed E-state index contributed by atoms with van der Waals surface area (Å²) < 4.78 is 5.61. The molecule has 0 aliphatic carbocycles. The van der Waals surface area contributed by atoms with Gasteiger partial charge in [-0.2, -0.15) is 0 Å². The maximum absolute atomic E-state index is 12.6. The van der Waals surface area contributed by atoms with Crippen molar-refractivity contribution < 1.29 is 19.4 Å². The van der Waals surface area contributed by atoms with Crippen molar-refractivity contribution in [3.63, 3.8) is 0 Å². The summed E-state index contributed by atoms with van der Waals surface area (Å²) >= 11 is 0. The number of pyridine rings is 1. The number of amides is 1. The lowest BCUT2D eigenvalue weighted by molar-refractivity contribution is -0.145. The van der Waals surface area contributed by atoms with E-state index in [0.29, 0.717) is 36.7 Å². The summed E-state index contributed by atoms with van der Waals surface area (Å²) in [5.74, 6) is -0.273. The Hall–Kier alpha value is -2.89. The van der Waals surface area contributed by atoms with Gasteiger partial charge >= 0.3 is 5.97 Å². The van der Waals surface area contributed by atoms with Crippen LogP contribution in [-0.2, 0) is 4.79 Å². The lowest BCUT2D eigenvalue weighted by Crippen LogP contribution is -2.45. The van der Waals surface area contributed by atoms with Gasteiger partial charge in [-0.1, -0.05) is 25.1 Å². The number of ether oxygens (including phenoxy) is 1. The second-order valence-corrected chi connectivity index (χ2v) is 6.26. The molecule has 0 radical (unpaired) electrons. The fourth-order valence-electron chi connectivity index (χ4n) is 3.06. The number of piperidine rings is 1. The SMILES string of the molecule is CC1CN(C(=O)c2ccc(Oc3ccccc3)nc2)CCC1C(=O)O. The van der Waals surface area contributed by atoms with E-state index in [1.807, 2.05) is 37.3 Å². The molecular formula is C19H20N2O4. The highest BCUT2D eigenvalue weighted by Crippen LogP contribution is 2.25. The summed E-state index contributed by atoms with van der Waals surface area (Å²) in [4.78, 5) is 29.6. The van der Waals surface area contributed by atoms with Gasteiger partial charge in [-0.15, -0.1) is 0 Å². The normalized spacial score (nSPS) is 20.1. The van der Waals surface area contributed by atoms with E-state index in [1.54, 1.807) is 17.0 Å². The van der Waals surface area contributed by atoms with E-state index in [2.05, 4.69) is 4.98 Å². The zero-order valence-electron chi connectivity index (χ0n) is 14.0. The molecule has 1 saturated heterocycles. The molecule has 6 heteroatoms. The van der Waals surface area contributed by atoms with Crippen LogP contribution in [0.25, 0.3) is 0 Å². The second-order valence-electron chi connectivity index (χ2n) is 6.26. The van der Waals surface area contributed by atoms with Crippen LogP contribution in [0.15, 0.2) is 48.7 Å². The average Bonchev–Trinajstić information content (AvgIpc) is 2.62. The Bertz CT molecular complexity index is 746. The molecule has 1 N–H and O–H groups in total. The van der Waals surface area contributed by atoms with Crippen molar-refractivity contribution in [3.05, 3.63) is 54.2 Å². The Morgan fingerprint density at radius 1 is 1.20 bits per heavy atom. The van der Waals surface area contributed by atoms with E-state index < -0.39 is 5.97 Å². The number of likely N-dealkylation sites (tertiary alicyclic amines) is 1. The molecule has 6 nitrogen and oxygen atoms in total. The fraction of sp³-hybridized carbons (Fsp3) is 0.316. The number of hydrogen-bond acceptors (Lipinski definition) is 4. The molecular weight excluding hydrogens is 320 g/mol. The molecule has 130 valence electrons. The number of aromatic nitrogens is 1. The van der Waals surface area contributed by atoms with Crippen LogP contribution < -0.4 is 4.74 Å². The average molecular weight is 340 g/mol. The first-order chi connectivity index (χ1) is 12.0. The predicted octanol–water partition coefficient (Wildman–Crippen LogP) is 3.06. The molecule has 0 saturated carbocycles. The van der Waals surface area contributed by atoms with E-state index in [0.717, 1.165) is 0 Å². The molecule has 1 aliphatic rings. The largest absolute Gasteiger partial charge is 0.481 e. The molecule has 1 fully saturated rings. The van der Waals surface area contributed by atoms with Gasteiger partial charge in [0.2, 0.25) is 5.88 Å². The molecule has 1 aliphatic heterocycles. The predicted molar refractivity (Wildman–Crippen MR) is 91.6 cm³/mol. The number of nitrogens with zero attached hydrogens (tertiary/aromatic N) is 2. The Morgan fingerprint density at radius 2 is 1.96 bits per heavy atom. The first-order valence-corrected chi connectivity index (χ1v) is 8.25. The lowest BCUT2D eigenvalue weighted by Gasteiger charge is -2.34. The standard InChI is InChI=1S/C19H20N2O4/c1-13-12-21(10-9-16(13)19(23)24)18(22)14-7-8-17(20-11-14)25-15-5-3-2-4-6-15/h2-8,11,13,16H,9-10,12H2,1H3,(H,23,24). The second kappa shape index (κ2) is 7.34. The van der Waals surface area contributed by atoms with Crippen LogP contribution in [0.4, 0.5) is 0 Å². The van der Waals surface area contributed by atoms with Gasteiger partial charge in [-0.3, -0.25) is 9.59 Å². The third kappa shape index (κ3) is 3.96. The number of carboxylic acids is 1. The quantitative estimate of drug-likeness (QED) is 0.925. The van der Waals surface area contributed by atoms with Gasteiger partial charge in [-0.25, -0.2) is 4.98 Å². The number of hydrogen-bond donors (Lipinski definition) is 1. The highest BCUT2D eigenvalue weighted by molar-refractivity contribution is 5.94. The van der Waals surface area contributed by atoms with Crippen LogP contribution in [0, 0.1) is 11.8 Å². The summed E-state index contributed by atoms with van der Waals surface area (Å²) in [6, 6.07) is 12.6. The van der Waals surface area contributed by atoms with E-state index in [-0.39, 0.29) is 17.7 Å². The van der Waals surface area contributed by atoms with Gasteiger partial charge < -0.3 is 14.7 Å². The van der Waals surface area contributed by atoms with Crippen molar-refractivity contribution in [1.29, 1.82) is 0 Å². The van der Waals surface area contributed by atoms with Crippen LogP contribution in [0.3, 0.4) is 0 Å². The summed E-state index contributed by atoms with van der Waals surface area (Å²) in [5, 5.41) is 9.17. The van der Waals surface area contributed by atoms with Gasteiger partial charge in [-0.05, 0) is 30.5 Å². The Balaban J connectivity index is 1.64.